The molecule has 2 rings (SSSR count). The van der Waals surface area contributed by atoms with Crippen LogP contribution in [0.1, 0.15) is 19.5 Å². The Bertz CT molecular complexity index is 593. The number of methoxy groups -OCH3 is 1. The maximum absolute atomic E-state index is 13.7. The molecular weight excluding hydrogens is 257 g/mol. The summed E-state index contributed by atoms with van der Waals surface area (Å²) in [7, 11) is 1.45. The average molecular weight is 277 g/mol. The zero-order valence-electron chi connectivity index (χ0n) is 12.3. The van der Waals surface area contributed by atoms with Crippen molar-refractivity contribution in [1.29, 1.82) is 0 Å². The summed E-state index contributed by atoms with van der Waals surface area (Å²) in [6.45, 7) is 7.09. The van der Waals surface area contributed by atoms with Gasteiger partial charge in [-0.2, -0.15) is 0 Å². The van der Waals surface area contributed by atoms with Crippen LogP contribution < -0.4 is 10.1 Å². The van der Waals surface area contributed by atoms with E-state index in [1.807, 2.05) is 17.7 Å². The summed E-state index contributed by atoms with van der Waals surface area (Å²) in [4.78, 5) is 4.43. The summed E-state index contributed by atoms with van der Waals surface area (Å²) >= 11 is 0. The number of nitrogens with one attached hydrogen (secondary N) is 1. The number of hydrogen-bond donors (Lipinski definition) is 1. The first kappa shape index (κ1) is 14.4. The molecule has 4 nitrogen and oxygen atoms in total. The zero-order chi connectivity index (χ0) is 14.7. The van der Waals surface area contributed by atoms with Crippen LogP contribution in [0.2, 0.25) is 0 Å². The Kier molecular flexibility index (Phi) is 4.27. The smallest absolute Gasteiger partial charge is 0.207 e. The molecule has 0 saturated carbocycles. The zero-order valence-corrected chi connectivity index (χ0v) is 12.3. The van der Waals surface area contributed by atoms with Gasteiger partial charge in [0.05, 0.1) is 12.8 Å². The normalized spacial score (nSPS) is 10.9. The van der Waals surface area contributed by atoms with Crippen LogP contribution in [0.25, 0.3) is 0 Å². The monoisotopic (exact) mass is 277 g/mol. The van der Waals surface area contributed by atoms with E-state index >= 15 is 0 Å². The van der Waals surface area contributed by atoms with Crippen LogP contribution in [0.3, 0.4) is 0 Å². The van der Waals surface area contributed by atoms with Crippen LogP contribution in [0.5, 0.6) is 5.75 Å². The molecule has 0 amide bonds. The average Bonchev–Trinajstić information content (AvgIpc) is 2.68. The lowest BCUT2D eigenvalue weighted by molar-refractivity contribution is 0.386. The molecular formula is C15H20FN3O. The van der Waals surface area contributed by atoms with Crippen molar-refractivity contribution >= 4 is 11.6 Å². The molecule has 0 aliphatic carbocycles. The minimum absolute atomic E-state index is 0.234. The highest BCUT2D eigenvalue weighted by Gasteiger charge is 2.09. The lowest BCUT2D eigenvalue weighted by atomic mass is 10.2. The van der Waals surface area contributed by atoms with Crippen molar-refractivity contribution in [3.63, 3.8) is 0 Å². The van der Waals surface area contributed by atoms with Crippen LogP contribution >= 0.6 is 0 Å². The highest BCUT2D eigenvalue weighted by molar-refractivity contribution is 5.55. The van der Waals surface area contributed by atoms with Crippen molar-refractivity contribution in [1.82, 2.24) is 9.55 Å². The maximum atomic E-state index is 13.7. The van der Waals surface area contributed by atoms with E-state index in [1.165, 1.54) is 13.2 Å². The number of nitrogens with zero attached hydrogens (tertiary/aromatic N) is 2. The van der Waals surface area contributed by atoms with Crippen molar-refractivity contribution in [2.75, 3.05) is 12.4 Å². The Hall–Kier alpha value is -2.04. The molecule has 20 heavy (non-hydrogen) atoms. The van der Waals surface area contributed by atoms with Crippen LogP contribution in [0.15, 0.2) is 24.4 Å². The van der Waals surface area contributed by atoms with Gasteiger partial charge in [0.15, 0.2) is 11.6 Å². The minimum Gasteiger partial charge on any atom is -0.494 e. The van der Waals surface area contributed by atoms with Crippen LogP contribution in [-0.4, -0.2) is 16.7 Å². The standard InChI is InChI=1S/C15H20FN3O/c1-10(2)8-19-9-11(3)17-15(19)18-12-5-6-14(20-4)13(16)7-12/h5-7,9-10H,8H2,1-4H3,(H,17,18). The first-order valence-corrected chi connectivity index (χ1v) is 6.64. The Balaban J connectivity index is 2.23. The Morgan fingerprint density at radius 1 is 1.40 bits per heavy atom. The van der Waals surface area contributed by atoms with Gasteiger partial charge in [-0.25, -0.2) is 9.37 Å². The lowest BCUT2D eigenvalue weighted by Crippen LogP contribution is -2.07. The lowest BCUT2D eigenvalue weighted by Gasteiger charge is -2.12. The topological polar surface area (TPSA) is 39.1 Å². The Morgan fingerprint density at radius 2 is 2.15 bits per heavy atom. The van der Waals surface area contributed by atoms with Gasteiger partial charge in [-0.1, -0.05) is 13.8 Å². The van der Waals surface area contributed by atoms with E-state index < -0.39 is 5.82 Å². The predicted molar refractivity (Wildman–Crippen MR) is 78.0 cm³/mol. The van der Waals surface area contributed by atoms with Crippen molar-refractivity contribution < 1.29 is 9.13 Å². The van der Waals surface area contributed by atoms with Crippen molar-refractivity contribution in [2.24, 2.45) is 5.92 Å². The summed E-state index contributed by atoms with van der Waals surface area (Å²) in [6, 6.07) is 4.77. The second-order valence-corrected chi connectivity index (χ2v) is 5.23. The number of anilines is 2. The Morgan fingerprint density at radius 3 is 2.75 bits per heavy atom. The van der Waals surface area contributed by atoms with E-state index in [9.17, 15) is 4.39 Å². The first-order valence-electron chi connectivity index (χ1n) is 6.64. The number of hydrogen-bond acceptors (Lipinski definition) is 3. The second kappa shape index (κ2) is 5.94. The molecule has 1 N–H and O–H groups in total. The van der Waals surface area contributed by atoms with Gasteiger partial charge in [0.25, 0.3) is 0 Å². The minimum atomic E-state index is -0.392. The van der Waals surface area contributed by atoms with Gasteiger partial charge in [0.1, 0.15) is 0 Å². The quantitative estimate of drug-likeness (QED) is 0.905. The predicted octanol–water partition coefficient (Wildman–Crippen LogP) is 3.74. The highest BCUT2D eigenvalue weighted by atomic mass is 19.1. The van der Waals surface area contributed by atoms with E-state index in [0.29, 0.717) is 11.6 Å². The number of aromatic nitrogens is 2. The molecule has 2 aromatic rings. The summed E-state index contributed by atoms with van der Waals surface area (Å²) in [5.41, 5.74) is 1.58. The fourth-order valence-corrected chi connectivity index (χ4v) is 2.05. The highest BCUT2D eigenvalue weighted by Crippen LogP contribution is 2.23. The molecule has 0 spiro atoms. The fourth-order valence-electron chi connectivity index (χ4n) is 2.05. The van der Waals surface area contributed by atoms with Gasteiger partial charge >= 0.3 is 0 Å². The molecule has 0 atom stereocenters. The summed E-state index contributed by atoms with van der Waals surface area (Å²) in [6.07, 6.45) is 1.99. The van der Waals surface area contributed by atoms with E-state index in [4.69, 9.17) is 4.74 Å². The molecule has 0 aliphatic heterocycles. The van der Waals surface area contributed by atoms with Gasteiger partial charge in [-0.3, -0.25) is 0 Å². The van der Waals surface area contributed by atoms with Gasteiger partial charge < -0.3 is 14.6 Å². The van der Waals surface area contributed by atoms with E-state index in [1.54, 1.807) is 12.1 Å². The number of ether oxygens (including phenoxy) is 1. The second-order valence-electron chi connectivity index (χ2n) is 5.23. The van der Waals surface area contributed by atoms with E-state index in [2.05, 4.69) is 24.1 Å². The summed E-state index contributed by atoms with van der Waals surface area (Å²) < 4.78 is 20.6. The number of aryl methyl sites for hydroxylation is 1. The van der Waals surface area contributed by atoms with Crippen molar-refractivity contribution in [2.45, 2.75) is 27.3 Å². The molecule has 1 heterocycles. The molecule has 0 radical (unpaired) electrons. The molecule has 5 heteroatoms. The molecule has 1 aromatic heterocycles. The van der Waals surface area contributed by atoms with Crippen LogP contribution in [-0.2, 0) is 6.54 Å². The largest absolute Gasteiger partial charge is 0.494 e. The van der Waals surface area contributed by atoms with E-state index in [0.717, 1.165) is 18.2 Å². The number of rotatable bonds is 5. The van der Waals surface area contributed by atoms with Crippen LogP contribution in [0.4, 0.5) is 16.0 Å². The van der Waals surface area contributed by atoms with Crippen molar-refractivity contribution in [3.05, 3.63) is 35.9 Å². The fraction of sp³-hybridized carbons (Fsp3) is 0.400. The summed E-state index contributed by atoms with van der Waals surface area (Å²) in [5, 5.41) is 3.15. The van der Waals surface area contributed by atoms with Crippen molar-refractivity contribution in [3.8, 4) is 5.75 Å². The van der Waals surface area contributed by atoms with Gasteiger partial charge in [-0.15, -0.1) is 0 Å². The van der Waals surface area contributed by atoms with Gasteiger partial charge in [0, 0.05) is 24.5 Å². The van der Waals surface area contributed by atoms with Gasteiger partial charge in [-0.05, 0) is 25.0 Å². The maximum Gasteiger partial charge on any atom is 0.207 e. The molecule has 0 saturated heterocycles. The molecule has 0 bridgehead atoms. The van der Waals surface area contributed by atoms with E-state index in [-0.39, 0.29) is 5.75 Å². The van der Waals surface area contributed by atoms with Gasteiger partial charge in [0.2, 0.25) is 5.95 Å². The number of halogens is 1. The number of benzene rings is 1. The SMILES string of the molecule is COc1ccc(Nc2nc(C)cn2CC(C)C)cc1F. The third-order valence-corrected chi connectivity index (χ3v) is 2.87. The summed E-state index contributed by atoms with van der Waals surface area (Å²) in [5.74, 6) is 1.07. The molecule has 0 unspecified atom stereocenters. The first-order chi connectivity index (χ1) is 9.49. The molecule has 0 aliphatic rings. The third kappa shape index (κ3) is 3.29. The number of imidazole rings is 1. The molecule has 108 valence electrons. The molecule has 0 fully saturated rings. The molecule has 1 aromatic carbocycles. The Labute approximate surface area is 118 Å². The van der Waals surface area contributed by atoms with Crippen LogP contribution in [0, 0.1) is 18.7 Å². The third-order valence-electron chi connectivity index (χ3n) is 2.87.